The van der Waals surface area contributed by atoms with E-state index in [1.165, 1.54) is 7.11 Å². The van der Waals surface area contributed by atoms with Gasteiger partial charge in [0.1, 0.15) is 11.5 Å². The average Bonchev–Trinajstić information content (AvgIpc) is 2.76. The Labute approximate surface area is 181 Å². The molecule has 2 aromatic carbocycles. The summed E-state index contributed by atoms with van der Waals surface area (Å²) in [5, 5.41) is 3.28. The minimum Gasteiger partial charge on any atom is -0.497 e. The van der Waals surface area contributed by atoms with Crippen molar-refractivity contribution in [2.75, 3.05) is 42.0 Å². The number of guanidine groups is 1. The van der Waals surface area contributed by atoms with Crippen molar-refractivity contribution in [3.8, 4) is 23.0 Å². The standard InChI is InChI=1S/C22H29F2N3O4/c1-25-22(27(2)14-16-7-8-17(28-3)13-19(16)30-5)26-11-10-15-6-9-18(29-4)20(12-15)31-21(23)24/h6-9,12-13,21H,10-11,14H2,1-5H3,(H,25,26). The molecule has 0 spiro atoms. The van der Waals surface area contributed by atoms with Crippen LogP contribution in [0.5, 0.6) is 23.0 Å². The van der Waals surface area contributed by atoms with Crippen molar-refractivity contribution in [2.45, 2.75) is 19.6 Å². The van der Waals surface area contributed by atoms with E-state index in [4.69, 9.17) is 14.2 Å². The Hall–Kier alpha value is -3.23. The number of aliphatic imine (C=N–C) groups is 1. The molecule has 0 bridgehead atoms. The van der Waals surface area contributed by atoms with E-state index in [0.29, 0.717) is 25.5 Å². The van der Waals surface area contributed by atoms with Crippen molar-refractivity contribution in [3.05, 3.63) is 47.5 Å². The molecule has 0 aliphatic heterocycles. The number of hydrogen-bond acceptors (Lipinski definition) is 5. The summed E-state index contributed by atoms with van der Waals surface area (Å²) in [7, 11) is 8.25. The highest BCUT2D eigenvalue weighted by Crippen LogP contribution is 2.29. The molecule has 0 atom stereocenters. The summed E-state index contributed by atoms with van der Waals surface area (Å²) in [6.07, 6.45) is 0.586. The first-order valence-corrected chi connectivity index (χ1v) is 9.66. The molecule has 0 aromatic heterocycles. The monoisotopic (exact) mass is 437 g/mol. The van der Waals surface area contributed by atoms with E-state index in [1.807, 2.05) is 36.2 Å². The molecule has 0 fully saturated rings. The van der Waals surface area contributed by atoms with Crippen molar-refractivity contribution in [2.24, 2.45) is 4.99 Å². The fourth-order valence-electron chi connectivity index (χ4n) is 3.08. The molecule has 0 aliphatic carbocycles. The summed E-state index contributed by atoms with van der Waals surface area (Å²) in [6, 6.07) is 10.6. The highest BCUT2D eigenvalue weighted by atomic mass is 19.3. The van der Waals surface area contributed by atoms with Crippen LogP contribution in [0.3, 0.4) is 0 Å². The number of methoxy groups -OCH3 is 3. The van der Waals surface area contributed by atoms with Crippen LogP contribution in [0, 0.1) is 0 Å². The first-order chi connectivity index (χ1) is 14.9. The maximum Gasteiger partial charge on any atom is 0.387 e. The smallest absolute Gasteiger partial charge is 0.387 e. The summed E-state index contributed by atoms with van der Waals surface area (Å²) in [6.45, 7) is -1.79. The number of halogens is 2. The SMILES string of the molecule is CN=C(NCCc1ccc(OC)c(OC(F)F)c1)N(C)Cc1ccc(OC)cc1OC. The molecule has 2 aromatic rings. The van der Waals surface area contributed by atoms with E-state index in [-0.39, 0.29) is 11.5 Å². The van der Waals surface area contributed by atoms with Gasteiger partial charge in [0.15, 0.2) is 17.5 Å². The molecule has 0 saturated carbocycles. The van der Waals surface area contributed by atoms with Crippen LogP contribution in [0.15, 0.2) is 41.4 Å². The van der Waals surface area contributed by atoms with Crippen LogP contribution >= 0.6 is 0 Å². The lowest BCUT2D eigenvalue weighted by atomic mass is 10.1. The molecule has 31 heavy (non-hydrogen) atoms. The van der Waals surface area contributed by atoms with Gasteiger partial charge in [-0.2, -0.15) is 8.78 Å². The van der Waals surface area contributed by atoms with Gasteiger partial charge in [0.25, 0.3) is 0 Å². The zero-order chi connectivity index (χ0) is 22.8. The van der Waals surface area contributed by atoms with Gasteiger partial charge in [-0.25, -0.2) is 0 Å². The predicted molar refractivity (Wildman–Crippen MR) is 116 cm³/mol. The van der Waals surface area contributed by atoms with Crippen molar-refractivity contribution in [3.63, 3.8) is 0 Å². The Morgan fingerprint density at radius 3 is 2.35 bits per heavy atom. The molecule has 7 nitrogen and oxygen atoms in total. The number of alkyl halides is 2. The van der Waals surface area contributed by atoms with Gasteiger partial charge in [0.2, 0.25) is 0 Å². The molecule has 0 unspecified atom stereocenters. The topological polar surface area (TPSA) is 64.6 Å². The Bertz CT molecular complexity index is 878. The lowest BCUT2D eigenvalue weighted by molar-refractivity contribution is -0.0512. The van der Waals surface area contributed by atoms with Crippen molar-refractivity contribution < 1.29 is 27.7 Å². The third-order valence-corrected chi connectivity index (χ3v) is 4.62. The molecule has 0 saturated heterocycles. The second-order valence-electron chi connectivity index (χ2n) is 6.62. The quantitative estimate of drug-likeness (QED) is 0.453. The Kier molecular flexibility index (Phi) is 9.17. The van der Waals surface area contributed by atoms with Gasteiger partial charge in [-0.15, -0.1) is 0 Å². The van der Waals surface area contributed by atoms with Crippen molar-refractivity contribution in [1.29, 1.82) is 0 Å². The van der Waals surface area contributed by atoms with E-state index < -0.39 is 6.61 Å². The van der Waals surface area contributed by atoms with Crippen molar-refractivity contribution in [1.82, 2.24) is 10.2 Å². The zero-order valence-corrected chi connectivity index (χ0v) is 18.4. The molecule has 0 amide bonds. The maximum atomic E-state index is 12.6. The van der Waals surface area contributed by atoms with Crippen LogP contribution in [0.2, 0.25) is 0 Å². The summed E-state index contributed by atoms with van der Waals surface area (Å²) in [5.41, 5.74) is 1.82. The number of hydrogen-bond donors (Lipinski definition) is 1. The lowest BCUT2D eigenvalue weighted by Gasteiger charge is -2.23. The lowest BCUT2D eigenvalue weighted by Crippen LogP contribution is -2.39. The van der Waals surface area contributed by atoms with Crippen LogP contribution < -0.4 is 24.3 Å². The molecule has 9 heteroatoms. The number of nitrogens with zero attached hydrogens (tertiary/aromatic N) is 2. The summed E-state index contributed by atoms with van der Waals surface area (Å²) >= 11 is 0. The van der Waals surface area contributed by atoms with Crippen LogP contribution in [0.1, 0.15) is 11.1 Å². The summed E-state index contributed by atoms with van der Waals surface area (Å²) in [5.74, 6) is 2.42. The second-order valence-corrected chi connectivity index (χ2v) is 6.62. The highest BCUT2D eigenvalue weighted by molar-refractivity contribution is 5.79. The van der Waals surface area contributed by atoms with E-state index >= 15 is 0 Å². The molecule has 0 aliphatic rings. The Morgan fingerprint density at radius 1 is 1.00 bits per heavy atom. The number of ether oxygens (including phenoxy) is 4. The third-order valence-electron chi connectivity index (χ3n) is 4.62. The molecule has 1 N–H and O–H groups in total. The van der Waals surface area contributed by atoms with Gasteiger partial charge in [0.05, 0.1) is 21.3 Å². The molecule has 170 valence electrons. The number of nitrogens with one attached hydrogen (secondary N) is 1. The first kappa shape index (κ1) is 24.0. The largest absolute Gasteiger partial charge is 0.497 e. The van der Waals surface area contributed by atoms with E-state index in [9.17, 15) is 8.78 Å². The zero-order valence-electron chi connectivity index (χ0n) is 18.4. The fourth-order valence-corrected chi connectivity index (χ4v) is 3.08. The molecule has 0 heterocycles. The number of rotatable bonds is 10. The molecule has 0 radical (unpaired) electrons. The minimum atomic E-state index is -2.91. The highest BCUT2D eigenvalue weighted by Gasteiger charge is 2.13. The van der Waals surface area contributed by atoms with Gasteiger partial charge in [-0.05, 0) is 36.2 Å². The first-order valence-electron chi connectivity index (χ1n) is 9.66. The van der Waals surface area contributed by atoms with E-state index in [2.05, 4.69) is 15.0 Å². The van der Waals surface area contributed by atoms with Crippen LogP contribution in [-0.4, -0.2) is 59.4 Å². The van der Waals surface area contributed by atoms with Gasteiger partial charge in [-0.3, -0.25) is 4.99 Å². The van der Waals surface area contributed by atoms with Crippen LogP contribution in [0.25, 0.3) is 0 Å². The van der Waals surface area contributed by atoms with E-state index in [0.717, 1.165) is 22.6 Å². The van der Waals surface area contributed by atoms with Gasteiger partial charge >= 0.3 is 6.61 Å². The average molecular weight is 437 g/mol. The van der Waals surface area contributed by atoms with Crippen LogP contribution in [-0.2, 0) is 13.0 Å². The normalized spacial score (nSPS) is 11.3. The predicted octanol–water partition coefficient (Wildman–Crippen LogP) is 3.56. The number of benzene rings is 2. The second kappa shape index (κ2) is 11.8. The fraction of sp³-hybridized carbons (Fsp3) is 0.409. The van der Waals surface area contributed by atoms with Gasteiger partial charge < -0.3 is 29.2 Å². The summed E-state index contributed by atoms with van der Waals surface area (Å²) in [4.78, 5) is 6.27. The summed E-state index contributed by atoms with van der Waals surface area (Å²) < 4.78 is 45.5. The Balaban J connectivity index is 1.98. The van der Waals surface area contributed by atoms with Crippen LogP contribution in [0.4, 0.5) is 8.78 Å². The molecular formula is C22H29F2N3O4. The van der Waals surface area contributed by atoms with Crippen molar-refractivity contribution >= 4 is 5.96 Å². The minimum absolute atomic E-state index is 0.0168. The van der Waals surface area contributed by atoms with E-state index in [1.54, 1.807) is 33.4 Å². The third kappa shape index (κ3) is 6.91. The molecular weight excluding hydrogens is 408 g/mol. The van der Waals surface area contributed by atoms with Gasteiger partial charge in [-0.1, -0.05) is 6.07 Å². The Morgan fingerprint density at radius 2 is 1.74 bits per heavy atom. The molecule has 2 rings (SSSR count). The maximum absolute atomic E-state index is 12.6. The van der Waals surface area contributed by atoms with Gasteiger partial charge in [0, 0.05) is 38.8 Å².